The van der Waals surface area contributed by atoms with Crippen molar-refractivity contribution in [3.8, 4) is 5.75 Å². The van der Waals surface area contributed by atoms with Gasteiger partial charge in [0.2, 0.25) is 11.8 Å². The van der Waals surface area contributed by atoms with E-state index in [-0.39, 0.29) is 30.2 Å². The number of likely N-dealkylation sites (tertiary alicyclic amines) is 1. The molecular weight excluding hydrogens is 396 g/mol. The van der Waals surface area contributed by atoms with E-state index in [1.54, 1.807) is 31.4 Å². The molecule has 1 aliphatic rings. The highest BCUT2D eigenvalue weighted by atomic mass is 16.5. The third-order valence-corrected chi connectivity index (χ3v) is 5.31. The number of hydrogen-bond acceptors (Lipinski definition) is 5. The molecule has 1 aliphatic heterocycles. The van der Waals surface area contributed by atoms with E-state index < -0.39 is 0 Å². The van der Waals surface area contributed by atoms with Crippen molar-refractivity contribution in [2.75, 3.05) is 32.1 Å². The number of benzene rings is 2. The third kappa shape index (κ3) is 6.55. The van der Waals surface area contributed by atoms with Gasteiger partial charge < -0.3 is 21.1 Å². The summed E-state index contributed by atoms with van der Waals surface area (Å²) >= 11 is 0. The Balaban J connectivity index is 1.45. The lowest BCUT2D eigenvalue weighted by Gasteiger charge is -2.31. The molecule has 0 saturated carbocycles. The van der Waals surface area contributed by atoms with Crippen LogP contribution >= 0.6 is 0 Å². The van der Waals surface area contributed by atoms with Gasteiger partial charge in [-0.2, -0.15) is 0 Å². The van der Waals surface area contributed by atoms with Gasteiger partial charge in [-0.3, -0.25) is 19.3 Å². The predicted octanol–water partition coefficient (Wildman–Crippen LogP) is 1.76. The maximum absolute atomic E-state index is 12.2. The Morgan fingerprint density at radius 2 is 1.81 bits per heavy atom. The summed E-state index contributed by atoms with van der Waals surface area (Å²) in [6, 6.07) is 14.2. The zero-order chi connectivity index (χ0) is 22.2. The number of amides is 3. The molecule has 2 aromatic carbocycles. The number of hydrogen-bond donors (Lipinski definition) is 3. The zero-order valence-electron chi connectivity index (χ0n) is 17.6. The number of rotatable bonds is 8. The Hall–Kier alpha value is -3.39. The molecule has 3 rings (SSSR count). The summed E-state index contributed by atoms with van der Waals surface area (Å²) in [4.78, 5) is 37.9. The molecule has 8 heteroatoms. The van der Waals surface area contributed by atoms with Crippen LogP contribution in [0.2, 0.25) is 0 Å². The first-order valence-corrected chi connectivity index (χ1v) is 10.3. The van der Waals surface area contributed by atoms with E-state index in [0.717, 1.165) is 31.5 Å². The van der Waals surface area contributed by atoms with Gasteiger partial charge in [-0.05, 0) is 61.3 Å². The average Bonchev–Trinajstić information content (AvgIpc) is 2.79. The first-order valence-electron chi connectivity index (χ1n) is 10.3. The smallest absolute Gasteiger partial charge is 0.251 e. The Labute approximate surface area is 181 Å². The van der Waals surface area contributed by atoms with Crippen LogP contribution in [0.25, 0.3) is 0 Å². The molecule has 0 aromatic heterocycles. The van der Waals surface area contributed by atoms with E-state index in [1.807, 2.05) is 24.3 Å². The second-order valence-corrected chi connectivity index (χ2v) is 7.63. The van der Waals surface area contributed by atoms with E-state index in [9.17, 15) is 14.4 Å². The third-order valence-electron chi connectivity index (χ3n) is 5.31. The summed E-state index contributed by atoms with van der Waals surface area (Å²) in [5, 5.41) is 5.37. The maximum atomic E-state index is 12.2. The second kappa shape index (κ2) is 10.6. The summed E-state index contributed by atoms with van der Waals surface area (Å²) in [7, 11) is 1.55. The van der Waals surface area contributed by atoms with Crippen LogP contribution in [0.4, 0.5) is 5.69 Å². The lowest BCUT2D eigenvalue weighted by atomic mass is 9.97. The largest absolute Gasteiger partial charge is 0.497 e. The number of carbonyl (C=O) groups excluding carboxylic acids is 3. The lowest BCUT2D eigenvalue weighted by Crippen LogP contribution is -2.40. The molecule has 1 heterocycles. The summed E-state index contributed by atoms with van der Waals surface area (Å²) in [6.07, 6.45) is 1.82. The molecular formula is C23H28N4O4. The van der Waals surface area contributed by atoms with E-state index >= 15 is 0 Å². The minimum Gasteiger partial charge on any atom is -0.497 e. The van der Waals surface area contributed by atoms with Gasteiger partial charge in [-0.15, -0.1) is 0 Å². The molecule has 2 aromatic rings. The van der Waals surface area contributed by atoms with Crippen LogP contribution < -0.4 is 21.1 Å². The first kappa shape index (κ1) is 22.3. The monoisotopic (exact) mass is 424 g/mol. The number of primary amides is 1. The van der Waals surface area contributed by atoms with Gasteiger partial charge in [0.15, 0.2) is 0 Å². The number of piperidine rings is 1. The SMILES string of the molecule is COc1ccc(C(=O)NCC(=O)Nc2ccc(CN3CCCC(C(N)=O)C3)cc2)cc1. The van der Waals surface area contributed by atoms with Crippen LogP contribution in [0.3, 0.4) is 0 Å². The molecule has 1 atom stereocenters. The number of nitrogens with one attached hydrogen (secondary N) is 2. The van der Waals surface area contributed by atoms with E-state index in [2.05, 4.69) is 15.5 Å². The van der Waals surface area contributed by atoms with Crippen LogP contribution in [-0.2, 0) is 16.1 Å². The number of carbonyl (C=O) groups is 3. The van der Waals surface area contributed by atoms with Crippen LogP contribution in [0.5, 0.6) is 5.75 Å². The minimum atomic E-state index is -0.330. The summed E-state index contributed by atoms with van der Waals surface area (Å²) in [5.41, 5.74) is 7.64. The fourth-order valence-corrected chi connectivity index (χ4v) is 3.59. The Bertz CT molecular complexity index is 912. The first-order chi connectivity index (χ1) is 14.9. The number of anilines is 1. The summed E-state index contributed by atoms with van der Waals surface area (Å²) in [5.74, 6) is -0.299. The number of nitrogens with two attached hydrogens (primary N) is 1. The van der Waals surface area contributed by atoms with Gasteiger partial charge in [0, 0.05) is 24.3 Å². The van der Waals surface area contributed by atoms with Gasteiger partial charge >= 0.3 is 0 Å². The van der Waals surface area contributed by atoms with Crippen molar-refractivity contribution in [1.82, 2.24) is 10.2 Å². The summed E-state index contributed by atoms with van der Waals surface area (Å²) in [6.45, 7) is 2.22. The fraction of sp³-hybridized carbons (Fsp3) is 0.348. The molecule has 1 saturated heterocycles. The molecule has 0 spiro atoms. The zero-order valence-corrected chi connectivity index (χ0v) is 17.6. The van der Waals surface area contributed by atoms with Gasteiger partial charge in [-0.1, -0.05) is 12.1 Å². The fourth-order valence-electron chi connectivity index (χ4n) is 3.59. The molecule has 1 fully saturated rings. The van der Waals surface area contributed by atoms with Crippen LogP contribution in [0, 0.1) is 5.92 Å². The van der Waals surface area contributed by atoms with Crippen LogP contribution in [0.1, 0.15) is 28.8 Å². The highest BCUT2D eigenvalue weighted by molar-refractivity contribution is 5.99. The maximum Gasteiger partial charge on any atom is 0.251 e. The molecule has 0 aliphatic carbocycles. The number of ether oxygens (including phenoxy) is 1. The van der Waals surface area contributed by atoms with Gasteiger partial charge in [0.05, 0.1) is 19.6 Å². The normalized spacial score (nSPS) is 16.4. The quantitative estimate of drug-likeness (QED) is 0.598. The molecule has 0 bridgehead atoms. The van der Waals surface area contributed by atoms with E-state index in [0.29, 0.717) is 23.5 Å². The van der Waals surface area contributed by atoms with E-state index in [1.165, 1.54) is 0 Å². The van der Waals surface area contributed by atoms with E-state index in [4.69, 9.17) is 10.5 Å². The second-order valence-electron chi connectivity index (χ2n) is 7.63. The highest BCUT2D eigenvalue weighted by Gasteiger charge is 2.23. The Morgan fingerprint density at radius 1 is 1.10 bits per heavy atom. The van der Waals surface area contributed by atoms with Crippen molar-refractivity contribution in [2.45, 2.75) is 19.4 Å². The van der Waals surface area contributed by atoms with Crippen molar-refractivity contribution in [3.63, 3.8) is 0 Å². The van der Waals surface area contributed by atoms with Crippen molar-refractivity contribution in [1.29, 1.82) is 0 Å². The molecule has 0 radical (unpaired) electrons. The predicted molar refractivity (Wildman–Crippen MR) is 118 cm³/mol. The van der Waals surface area contributed by atoms with Crippen molar-refractivity contribution in [2.24, 2.45) is 11.7 Å². The molecule has 164 valence electrons. The van der Waals surface area contributed by atoms with Crippen LogP contribution in [-0.4, -0.2) is 49.4 Å². The van der Waals surface area contributed by atoms with Crippen molar-refractivity contribution >= 4 is 23.4 Å². The Morgan fingerprint density at radius 3 is 2.45 bits per heavy atom. The molecule has 1 unspecified atom stereocenters. The topological polar surface area (TPSA) is 114 Å². The minimum absolute atomic E-state index is 0.0829. The highest BCUT2D eigenvalue weighted by Crippen LogP contribution is 2.19. The number of methoxy groups -OCH3 is 1. The Kier molecular flexibility index (Phi) is 7.61. The van der Waals surface area contributed by atoms with Crippen molar-refractivity contribution in [3.05, 3.63) is 59.7 Å². The average molecular weight is 425 g/mol. The van der Waals surface area contributed by atoms with Gasteiger partial charge in [0.25, 0.3) is 5.91 Å². The number of nitrogens with zero attached hydrogens (tertiary/aromatic N) is 1. The van der Waals surface area contributed by atoms with Crippen LogP contribution in [0.15, 0.2) is 48.5 Å². The van der Waals surface area contributed by atoms with Gasteiger partial charge in [0.1, 0.15) is 5.75 Å². The van der Waals surface area contributed by atoms with Crippen molar-refractivity contribution < 1.29 is 19.1 Å². The standard InChI is InChI=1S/C23H28N4O4/c1-31-20-10-6-17(7-11-20)23(30)25-13-21(28)26-19-8-4-16(5-9-19)14-27-12-2-3-18(15-27)22(24)29/h4-11,18H,2-3,12-15H2,1H3,(H2,24,29)(H,25,30)(H,26,28). The molecule has 31 heavy (non-hydrogen) atoms. The van der Waals surface area contributed by atoms with Gasteiger partial charge in [-0.25, -0.2) is 0 Å². The molecule has 4 N–H and O–H groups in total. The molecule has 8 nitrogen and oxygen atoms in total. The molecule has 3 amide bonds. The summed E-state index contributed by atoms with van der Waals surface area (Å²) < 4.78 is 5.06. The lowest BCUT2D eigenvalue weighted by molar-refractivity contribution is -0.123.